The van der Waals surface area contributed by atoms with Gasteiger partial charge in [-0.3, -0.25) is 0 Å². The standard InChI is InChI=1S/C16H27N3O/c1-6-14(20-5)16-18-11(3)15(12(4)19-16)10(2)9-17-13-7-8-13/h10,13-14,17H,6-9H2,1-5H3. The van der Waals surface area contributed by atoms with Crippen molar-refractivity contribution in [3.05, 3.63) is 22.8 Å². The van der Waals surface area contributed by atoms with E-state index in [1.54, 1.807) is 7.11 Å². The molecule has 1 N–H and O–H groups in total. The minimum atomic E-state index is 0.00125. The van der Waals surface area contributed by atoms with E-state index in [1.807, 2.05) is 0 Å². The molecule has 0 aliphatic heterocycles. The maximum absolute atomic E-state index is 5.45. The van der Waals surface area contributed by atoms with Crippen LogP contribution in [0.1, 0.15) is 67.9 Å². The number of ether oxygens (including phenoxy) is 1. The third kappa shape index (κ3) is 3.55. The summed E-state index contributed by atoms with van der Waals surface area (Å²) in [6.45, 7) is 9.53. The lowest BCUT2D eigenvalue weighted by atomic mass is 9.97. The maximum atomic E-state index is 5.45. The van der Waals surface area contributed by atoms with Gasteiger partial charge in [0.25, 0.3) is 0 Å². The number of hydrogen-bond acceptors (Lipinski definition) is 4. The van der Waals surface area contributed by atoms with E-state index in [0.29, 0.717) is 5.92 Å². The molecule has 4 nitrogen and oxygen atoms in total. The highest BCUT2D eigenvalue weighted by molar-refractivity contribution is 5.28. The molecule has 20 heavy (non-hydrogen) atoms. The average molecular weight is 277 g/mol. The molecule has 1 aromatic rings. The summed E-state index contributed by atoms with van der Waals surface area (Å²) in [6.07, 6.45) is 3.55. The lowest BCUT2D eigenvalue weighted by molar-refractivity contribution is 0.0922. The molecule has 112 valence electrons. The molecule has 1 heterocycles. The predicted octanol–water partition coefficient (Wildman–Crippen LogP) is 3.05. The normalized spacial score (nSPS) is 18.1. The van der Waals surface area contributed by atoms with Gasteiger partial charge in [-0.2, -0.15) is 0 Å². The highest BCUT2D eigenvalue weighted by Gasteiger charge is 2.23. The first-order chi connectivity index (χ1) is 9.56. The Bertz CT molecular complexity index is 430. The van der Waals surface area contributed by atoms with E-state index in [1.165, 1.54) is 18.4 Å². The van der Waals surface area contributed by atoms with E-state index < -0.39 is 0 Å². The van der Waals surface area contributed by atoms with Crippen LogP contribution in [0.2, 0.25) is 0 Å². The molecule has 1 aliphatic carbocycles. The van der Waals surface area contributed by atoms with Gasteiger partial charge in [-0.1, -0.05) is 13.8 Å². The van der Waals surface area contributed by atoms with E-state index in [-0.39, 0.29) is 6.10 Å². The summed E-state index contributed by atoms with van der Waals surface area (Å²) in [7, 11) is 1.72. The summed E-state index contributed by atoms with van der Waals surface area (Å²) < 4.78 is 5.45. The minimum absolute atomic E-state index is 0.00125. The number of aromatic nitrogens is 2. The predicted molar refractivity (Wildman–Crippen MR) is 81.0 cm³/mol. The molecule has 0 spiro atoms. The summed E-state index contributed by atoms with van der Waals surface area (Å²) in [5.74, 6) is 1.27. The van der Waals surface area contributed by atoms with E-state index in [2.05, 4.69) is 43.0 Å². The molecular weight excluding hydrogens is 250 g/mol. The first kappa shape index (κ1) is 15.4. The van der Waals surface area contributed by atoms with Crippen molar-refractivity contribution in [2.45, 2.75) is 65.0 Å². The Morgan fingerprint density at radius 3 is 2.30 bits per heavy atom. The summed E-state index contributed by atoms with van der Waals surface area (Å²) >= 11 is 0. The second-order valence-corrected chi connectivity index (χ2v) is 5.88. The Labute approximate surface area is 122 Å². The Kier molecular flexibility index (Phi) is 5.11. The van der Waals surface area contributed by atoms with Crippen molar-refractivity contribution in [2.24, 2.45) is 0 Å². The third-order valence-electron chi connectivity index (χ3n) is 4.07. The van der Waals surface area contributed by atoms with E-state index >= 15 is 0 Å². The van der Waals surface area contributed by atoms with Gasteiger partial charge in [0, 0.05) is 31.1 Å². The van der Waals surface area contributed by atoms with Crippen molar-refractivity contribution in [1.82, 2.24) is 15.3 Å². The smallest absolute Gasteiger partial charge is 0.157 e. The van der Waals surface area contributed by atoms with Crippen LogP contribution < -0.4 is 5.32 Å². The number of rotatable bonds is 7. The number of nitrogens with zero attached hydrogens (tertiary/aromatic N) is 2. The van der Waals surface area contributed by atoms with Crippen LogP contribution in [0.3, 0.4) is 0 Å². The molecule has 2 rings (SSSR count). The summed E-state index contributed by atoms with van der Waals surface area (Å²) in [6, 6.07) is 0.746. The van der Waals surface area contributed by atoms with Crippen molar-refractivity contribution in [3.63, 3.8) is 0 Å². The van der Waals surface area contributed by atoms with Crippen LogP contribution in [-0.2, 0) is 4.74 Å². The Morgan fingerprint density at radius 1 is 1.25 bits per heavy atom. The summed E-state index contributed by atoms with van der Waals surface area (Å²) in [5.41, 5.74) is 3.47. The molecule has 1 fully saturated rings. The Hall–Kier alpha value is -1.00. The molecular formula is C16H27N3O. The minimum Gasteiger partial charge on any atom is -0.373 e. The molecule has 4 heteroatoms. The quantitative estimate of drug-likeness (QED) is 0.832. The molecule has 1 aliphatic rings. The molecule has 0 saturated heterocycles. The molecule has 1 aromatic heterocycles. The molecule has 2 atom stereocenters. The lowest BCUT2D eigenvalue weighted by Crippen LogP contribution is -2.24. The van der Waals surface area contributed by atoms with Crippen molar-refractivity contribution in [2.75, 3.05) is 13.7 Å². The maximum Gasteiger partial charge on any atom is 0.157 e. The van der Waals surface area contributed by atoms with Crippen LogP contribution in [0.15, 0.2) is 0 Å². The Balaban J connectivity index is 2.16. The SMILES string of the molecule is CCC(OC)c1nc(C)c(C(C)CNC2CC2)c(C)n1. The molecule has 1 saturated carbocycles. The van der Waals surface area contributed by atoms with Gasteiger partial charge in [0.2, 0.25) is 0 Å². The van der Waals surface area contributed by atoms with Crippen LogP contribution in [0.25, 0.3) is 0 Å². The highest BCUT2D eigenvalue weighted by atomic mass is 16.5. The van der Waals surface area contributed by atoms with Crippen molar-refractivity contribution < 1.29 is 4.74 Å². The lowest BCUT2D eigenvalue weighted by Gasteiger charge is -2.20. The topological polar surface area (TPSA) is 47.0 Å². The van der Waals surface area contributed by atoms with Crippen LogP contribution in [0, 0.1) is 13.8 Å². The molecule has 0 radical (unpaired) electrons. The second-order valence-electron chi connectivity index (χ2n) is 5.88. The van der Waals surface area contributed by atoms with Gasteiger partial charge in [0.05, 0.1) is 0 Å². The fourth-order valence-electron chi connectivity index (χ4n) is 2.80. The fraction of sp³-hybridized carbons (Fsp3) is 0.750. The van der Waals surface area contributed by atoms with Gasteiger partial charge in [-0.05, 0) is 44.6 Å². The van der Waals surface area contributed by atoms with Gasteiger partial charge in [-0.25, -0.2) is 9.97 Å². The van der Waals surface area contributed by atoms with E-state index in [9.17, 15) is 0 Å². The van der Waals surface area contributed by atoms with Crippen LogP contribution in [0.5, 0.6) is 0 Å². The highest BCUT2D eigenvalue weighted by Crippen LogP contribution is 2.26. The zero-order valence-corrected chi connectivity index (χ0v) is 13.4. The second kappa shape index (κ2) is 6.64. The fourth-order valence-corrected chi connectivity index (χ4v) is 2.80. The molecule has 2 unspecified atom stereocenters. The number of methoxy groups -OCH3 is 1. The zero-order valence-electron chi connectivity index (χ0n) is 13.4. The molecule has 0 bridgehead atoms. The monoisotopic (exact) mass is 277 g/mol. The first-order valence-electron chi connectivity index (χ1n) is 7.68. The van der Waals surface area contributed by atoms with Gasteiger partial charge >= 0.3 is 0 Å². The van der Waals surface area contributed by atoms with Crippen LogP contribution in [0.4, 0.5) is 0 Å². The van der Waals surface area contributed by atoms with Crippen LogP contribution in [-0.4, -0.2) is 29.7 Å². The van der Waals surface area contributed by atoms with Gasteiger partial charge in [0.1, 0.15) is 6.10 Å². The summed E-state index contributed by atoms with van der Waals surface area (Å²) in [5, 5.41) is 3.59. The number of nitrogens with one attached hydrogen (secondary N) is 1. The van der Waals surface area contributed by atoms with Crippen molar-refractivity contribution in [1.29, 1.82) is 0 Å². The van der Waals surface area contributed by atoms with Gasteiger partial charge in [0.15, 0.2) is 5.82 Å². The van der Waals surface area contributed by atoms with Crippen molar-refractivity contribution >= 4 is 0 Å². The van der Waals surface area contributed by atoms with Gasteiger partial charge < -0.3 is 10.1 Å². The van der Waals surface area contributed by atoms with E-state index in [4.69, 9.17) is 4.74 Å². The molecule has 0 aromatic carbocycles. The van der Waals surface area contributed by atoms with E-state index in [0.717, 1.165) is 36.2 Å². The van der Waals surface area contributed by atoms with Crippen molar-refractivity contribution in [3.8, 4) is 0 Å². The zero-order chi connectivity index (χ0) is 14.7. The Morgan fingerprint density at radius 2 is 1.85 bits per heavy atom. The number of aryl methyl sites for hydroxylation is 2. The van der Waals surface area contributed by atoms with Crippen LogP contribution >= 0.6 is 0 Å². The molecule has 0 amide bonds. The first-order valence-corrected chi connectivity index (χ1v) is 7.68. The number of hydrogen-bond donors (Lipinski definition) is 1. The third-order valence-corrected chi connectivity index (χ3v) is 4.07. The largest absolute Gasteiger partial charge is 0.373 e. The van der Waals surface area contributed by atoms with Gasteiger partial charge in [-0.15, -0.1) is 0 Å². The average Bonchev–Trinajstić information content (AvgIpc) is 3.21. The summed E-state index contributed by atoms with van der Waals surface area (Å²) in [4.78, 5) is 9.35.